The largest absolute Gasteiger partial charge is 0.336 e. The van der Waals surface area contributed by atoms with Crippen LogP contribution in [0.5, 0.6) is 0 Å². The summed E-state index contributed by atoms with van der Waals surface area (Å²) in [6.45, 7) is 2.25. The maximum atomic E-state index is 13.7. The normalized spacial score (nSPS) is 15.8. The van der Waals surface area contributed by atoms with Crippen LogP contribution in [0.25, 0.3) is 0 Å². The molecule has 0 saturated carbocycles. The number of carbonyl (C=O) groups is 1. The van der Waals surface area contributed by atoms with Gasteiger partial charge in [-0.1, -0.05) is 35.3 Å². The number of rotatable bonds is 3. The molecule has 0 atom stereocenters. The molecule has 1 fully saturated rings. The molecule has 0 aliphatic carbocycles. The van der Waals surface area contributed by atoms with Gasteiger partial charge >= 0.3 is 0 Å². The number of aryl methyl sites for hydroxylation is 1. The molecule has 0 bridgehead atoms. The number of benzene rings is 2. The maximum absolute atomic E-state index is 13.7. The fourth-order valence-electron chi connectivity index (χ4n) is 2.86. The minimum absolute atomic E-state index is 0.0206. The van der Waals surface area contributed by atoms with Gasteiger partial charge in [-0.3, -0.25) is 4.79 Å². The van der Waals surface area contributed by atoms with Crippen LogP contribution in [-0.2, 0) is 10.0 Å². The van der Waals surface area contributed by atoms with E-state index in [1.54, 1.807) is 19.1 Å². The molecule has 1 amide bonds. The van der Waals surface area contributed by atoms with Crippen LogP contribution in [0.1, 0.15) is 15.9 Å². The number of halogens is 3. The van der Waals surface area contributed by atoms with E-state index in [9.17, 15) is 17.6 Å². The fraction of sp³-hybridized carbons (Fsp3) is 0.278. The highest BCUT2D eigenvalue weighted by molar-refractivity contribution is 7.89. The van der Waals surface area contributed by atoms with E-state index >= 15 is 0 Å². The Hall–Kier alpha value is -1.67. The van der Waals surface area contributed by atoms with Crippen LogP contribution in [0.3, 0.4) is 0 Å². The van der Waals surface area contributed by atoms with Gasteiger partial charge in [0.25, 0.3) is 5.91 Å². The smallest absolute Gasteiger partial charge is 0.254 e. The molecule has 27 heavy (non-hydrogen) atoms. The lowest BCUT2D eigenvalue weighted by Gasteiger charge is -2.34. The predicted octanol–water partition coefficient (Wildman–Crippen LogP) is 3.59. The Morgan fingerprint density at radius 3 is 2.37 bits per heavy atom. The number of amides is 1. The van der Waals surface area contributed by atoms with Gasteiger partial charge in [0.1, 0.15) is 10.7 Å². The Kier molecular flexibility index (Phi) is 5.76. The van der Waals surface area contributed by atoms with Crippen molar-refractivity contribution in [2.45, 2.75) is 11.8 Å². The van der Waals surface area contributed by atoms with Gasteiger partial charge < -0.3 is 4.90 Å². The van der Waals surface area contributed by atoms with Gasteiger partial charge in [0, 0.05) is 31.7 Å². The van der Waals surface area contributed by atoms with Crippen molar-refractivity contribution in [3.8, 4) is 0 Å². The summed E-state index contributed by atoms with van der Waals surface area (Å²) in [5, 5.41) is 0.140. The van der Waals surface area contributed by atoms with E-state index in [-0.39, 0.29) is 52.6 Å². The van der Waals surface area contributed by atoms with Gasteiger partial charge in [0.2, 0.25) is 10.0 Å². The van der Waals surface area contributed by atoms with Crippen molar-refractivity contribution in [1.82, 2.24) is 9.21 Å². The van der Waals surface area contributed by atoms with Crippen molar-refractivity contribution in [3.63, 3.8) is 0 Å². The first-order valence-corrected chi connectivity index (χ1v) is 10.4. The summed E-state index contributed by atoms with van der Waals surface area (Å²) in [7, 11) is -3.82. The minimum Gasteiger partial charge on any atom is -0.336 e. The van der Waals surface area contributed by atoms with Crippen molar-refractivity contribution in [2.75, 3.05) is 26.2 Å². The molecule has 1 heterocycles. The number of piperazine rings is 1. The van der Waals surface area contributed by atoms with Crippen LogP contribution in [0, 0.1) is 12.7 Å². The lowest BCUT2D eigenvalue weighted by atomic mass is 10.1. The summed E-state index contributed by atoms with van der Waals surface area (Å²) < 4.78 is 40.6. The molecule has 9 heteroatoms. The van der Waals surface area contributed by atoms with Crippen LogP contribution in [0.2, 0.25) is 10.0 Å². The molecule has 2 aromatic carbocycles. The van der Waals surface area contributed by atoms with Crippen molar-refractivity contribution in [1.29, 1.82) is 0 Å². The zero-order valence-corrected chi connectivity index (χ0v) is 16.8. The van der Waals surface area contributed by atoms with Crippen molar-refractivity contribution < 1.29 is 17.6 Å². The summed E-state index contributed by atoms with van der Waals surface area (Å²) in [6, 6.07) is 8.75. The Bertz CT molecular complexity index is 990. The third-order valence-corrected chi connectivity index (χ3v) is 7.35. The second-order valence-electron chi connectivity index (χ2n) is 6.21. The van der Waals surface area contributed by atoms with E-state index in [0.29, 0.717) is 5.56 Å². The third kappa shape index (κ3) is 3.96. The third-order valence-electron chi connectivity index (χ3n) is 4.48. The van der Waals surface area contributed by atoms with Gasteiger partial charge in [-0.2, -0.15) is 4.31 Å². The standard InChI is InChI=1S/C18H17Cl2FN2O3S/c1-12-5-6-13(11-15(12)21)18(24)22-7-9-23(10-8-22)27(25,26)16-4-2-3-14(19)17(16)20/h2-6,11H,7-10H2,1H3. The number of nitrogens with zero attached hydrogens (tertiary/aromatic N) is 2. The summed E-state index contributed by atoms with van der Waals surface area (Å²) in [4.78, 5) is 14.0. The maximum Gasteiger partial charge on any atom is 0.254 e. The molecule has 0 spiro atoms. The van der Waals surface area contributed by atoms with E-state index < -0.39 is 15.8 Å². The topological polar surface area (TPSA) is 57.7 Å². The fourth-order valence-corrected chi connectivity index (χ4v) is 5.02. The highest BCUT2D eigenvalue weighted by atomic mass is 35.5. The minimum atomic E-state index is -3.82. The number of hydrogen-bond donors (Lipinski definition) is 0. The summed E-state index contributed by atoms with van der Waals surface area (Å²) in [5.74, 6) is -0.774. The summed E-state index contributed by atoms with van der Waals surface area (Å²) in [6.07, 6.45) is 0. The van der Waals surface area contributed by atoms with E-state index in [1.807, 2.05) is 0 Å². The van der Waals surface area contributed by atoms with Crippen LogP contribution >= 0.6 is 23.2 Å². The molecule has 3 rings (SSSR count). The highest BCUT2D eigenvalue weighted by Crippen LogP contribution is 2.31. The number of sulfonamides is 1. The molecule has 0 radical (unpaired) electrons. The van der Waals surface area contributed by atoms with E-state index in [2.05, 4.69) is 0 Å². The Labute approximate surface area is 167 Å². The number of hydrogen-bond acceptors (Lipinski definition) is 3. The second-order valence-corrected chi connectivity index (χ2v) is 8.90. The van der Waals surface area contributed by atoms with Crippen LogP contribution in [0.4, 0.5) is 4.39 Å². The highest BCUT2D eigenvalue weighted by Gasteiger charge is 2.32. The molecular weight excluding hydrogens is 414 g/mol. The molecule has 144 valence electrons. The van der Waals surface area contributed by atoms with Gasteiger partial charge in [-0.05, 0) is 36.8 Å². The van der Waals surface area contributed by atoms with E-state index in [0.717, 1.165) is 0 Å². The Morgan fingerprint density at radius 2 is 1.74 bits per heavy atom. The van der Waals surface area contributed by atoms with Crippen molar-refractivity contribution in [2.24, 2.45) is 0 Å². The first-order valence-electron chi connectivity index (χ1n) is 8.21. The average Bonchev–Trinajstić information content (AvgIpc) is 2.65. The molecular formula is C18H17Cl2FN2O3S. The summed E-state index contributed by atoms with van der Waals surface area (Å²) >= 11 is 12.0. The molecule has 0 unspecified atom stereocenters. The second kappa shape index (κ2) is 7.75. The Morgan fingerprint density at radius 1 is 1.07 bits per heavy atom. The monoisotopic (exact) mass is 430 g/mol. The predicted molar refractivity (Wildman–Crippen MR) is 102 cm³/mol. The molecule has 0 aromatic heterocycles. The Balaban J connectivity index is 1.74. The zero-order chi connectivity index (χ0) is 19.8. The van der Waals surface area contributed by atoms with Gasteiger partial charge in [0.05, 0.1) is 10.0 Å². The SMILES string of the molecule is Cc1ccc(C(=O)N2CCN(S(=O)(=O)c3cccc(Cl)c3Cl)CC2)cc1F. The van der Waals surface area contributed by atoms with Crippen LogP contribution in [-0.4, -0.2) is 49.7 Å². The van der Waals surface area contributed by atoms with E-state index in [1.165, 1.54) is 33.5 Å². The van der Waals surface area contributed by atoms with E-state index in [4.69, 9.17) is 23.2 Å². The lowest BCUT2D eigenvalue weighted by molar-refractivity contribution is 0.0697. The lowest BCUT2D eigenvalue weighted by Crippen LogP contribution is -2.50. The molecule has 1 aliphatic rings. The number of carbonyl (C=O) groups excluding carboxylic acids is 1. The zero-order valence-electron chi connectivity index (χ0n) is 14.5. The van der Waals surface area contributed by atoms with Crippen LogP contribution < -0.4 is 0 Å². The summed E-state index contributed by atoms with van der Waals surface area (Å²) in [5.41, 5.74) is 0.702. The van der Waals surface area contributed by atoms with Gasteiger partial charge in [0.15, 0.2) is 0 Å². The quantitative estimate of drug-likeness (QED) is 0.747. The van der Waals surface area contributed by atoms with Crippen molar-refractivity contribution >= 4 is 39.1 Å². The van der Waals surface area contributed by atoms with Crippen LogP contribution in [0.15, 0.2) is 41.3 Å². The molecule has 1 saturated heterocycles. The van der Waals surface area contributed by atoms with Gasteiger partial charge in [-0.15, -0.1) is 0 Å². The first kappa shape index (κ1) is 20.1. The molecule has 1 aliphatic heterocycles. The molecule has 0 N–H and O–H groups in total. The average molecular weight is 431 g/mol. The first-order chi connectivity index (χ1) is 12.7. The molecule has 2 aromatic rings. The van der Waals surface area contributed by atoms with Crippen molar-refractivity contribution in [3.05, 3.63) is 63.4 Å². The van der Waals surface area contributed by atoms with Gasteiger partial charge in [-0.25, -0.2) is 12.8 Å². The molecule has 5 nitrogen and oxygen atoms in total.